The number of hydrogen-bond acceptors (Lipinski definition) is 3. The molecule has 2 N–H and O–H groups in total. The summed E-state index contributed by atoms with van der Waals surface area (Å²) in [5.41, 5.74) is 5.83. The second-order valence-electron chi connectivity index (χ2n) is 4.49. The molecule has 0 aliphatic rings. The third-order valence-electron chi connectivity index (χ3n) is 2.70. The van der Waals surface area contributed by atoms with Crippen molar-refractivity contribution >= 4 is 39.9 Å². The number of nitrogens with two attached hydrogens (primary N) is 1. The van der Waals surface area contributed by atoms with Crippen LogP contribution in [0.3, 0.4) is 0 Å². The molecule has 0 radical (unpaired) electrons. The van der Waals surface area contributed by atoms with E-state index in [1.165, 1.54) is 0 Å². The molecule has 22 heavy (non-hydrogen) atoms. The van der Waals surface area contributed by atoms with Gasteiger partial charge in [0.1, 0.15) is 22.3 Å². The fraction of sp³-hybridized carbons (Fsp3) is 0.133. The van der Waals surface area contributed by atoms with Crippen LogP contribution >= 0.6 is 23.2 Å². The van der Waals surface area contributed by atoms with E-state index < -0.39 is 16.7 Å². The molecule has 2 aromatic carbocycles. The number of rotatable bonds is 6. The molecule has 2 rings (SSSR count). The number of benzene rings is 2. The minimum absolute atomic E-state index is 0.142. The van der Waals surface area contributed by atoms with Crippen LogP contribution in [-0.4, -0.2) is 15.9 Å². The van der Waals surface area contributed by atoms with Gasteiger partial charge >= 0.3 is 0 Å². The van der Waals surface area contributed by atoms with Crippen molar-refractivity contribution in [2.24, 2.45) is 5.73 Å². The Hall–Kier alpha value is -1.56. The Labute approximate surface area is 140 Å². The van der Waals surface area contributed by atoms with Crippen molar-refractivity contribution in [2.45, 2.75) is 5.75 Å². The maximum absolute atomic E-state index is 11.6. The molecule has 7 heteroatoms. The second-order valence-corrected chi connectivity index (χ2v) is 6.73. The van der Waals surface area contributed by atoms with E-state index in [0.29, 0.717) is 21.5 Å². The Morgan fingerprint density at radius 2 is 1.82 bits per heavy atom. The van der Waals surface area contributed by atoms with Crippen LogP contribution in [0.5, 0.6) is 11.5 Å². The summed E-state index contributed by atoms with van der Waals surface area (Å²) in [5.74, 6) is 0.582. The zero-order valence-corrected chi connectivity index (χ0v) is 13.8. The third kappa shape index (κ3) is 4.73. The molecule has 0 aromatic heterocycles. The number of hydrogen-bond donors (Lipinski definition) is 1. The third-order valence-corrected chi connectivity index (χ3v) is 4.76. The number of carbonyl (C=O) groups excluding carboxylic acids is 1. The second kappa shape index (κ2) is 7.63. The molecule has 1 atom stereocenters. The highest BCUT2D eigenvalue weighted by Crippen LogP contribution is 2.34. The van der Waals surface area contributed by atoms with Crippen molar-refractivity contribution in [2.75, 3.05) is 5.75 Å². The number of primary amides is 1. The average molecular weight is 358 g/mol. The van der Waals surface area contributed by atoms with Crippen LogP contribution in [0.4, 0.5) is 0 Å². The van der Waals surface area contributed by atoms with Crippen molar-refractivity contribution in [3.05, 3.63) is 58.1 Å². The molecular weight excluding hydrogens is 345 g/mol. The van der Waals surface area contributed by atoms with Crippen molar-refractivity contribution in [1.82, 2.24) is 0 Å². The van der Waals surface area contributed by atoms with Gasteiger partial charge in [-0.2, -0.15) is 0 Å². The molecule has 0 aliphatic heterocycles. The van der Waals surface area contributed by atoms with Gasteiger partial charge in [0.05, 0.1) is 5.02 Å². The van der Waals surface area contributed by atoms with Gasteiger partial charge in [0, 0.05) is 16.6 Å². The molecule has 116 valence electrons. The van der Waals surface area contributed by atoms with Gasteiger partial charge in [0.15, 0.2) is 0 Å². The highest BCUT2D eigenvalue weighted by Gasteiger charge is 2.08. The zero-order chi connectivity index (χ0) is 16.1. The van der Waals surface area contributed by atoms with E-state index in [9.17, 15) is 9.00 Å². The lowest BCUT2D eigenvalue weighted by Gasteiger charge is -2.09. The summed E-state index contributed by atoms with van der Waals surface area (Å²) >= 11 is 12.0. The summed E-state index contributed by atoms with van der Waals surface area (Å²) in [6, 6.07) is 12.1. The van der Waals surface area contributed by atoms with Crippen LogP contribution < -0.4 is 10.5 Å². The van der Waals surface area contributed by atoms with Crippen LogP contribution in [0.2, 0.25) is 10.0 Å². The molecule has 0 aliphatic carbocycles. The van der Waals surface area contributed by atoms with Crippen LogP contribution in [-0.2, 0) is 21.3 Å². The Morgan fingerprint density at radius 1 is 1.14 bits per heavy atom. The van der Waals surface area contributed by atoms with E-state index in [0.717, 1.165) is 5.56 Å². The lowest BCUT2D eigenvalue weighted by molar-refractivity contribution is -0.115. The predicted molar refractivity (Wildman–Crippen MR) is 88.9 cm³/mol. The maximum Gasteiger partial charge on any atom is 0.230 e. The number of ether oxygens (including phenoxy) is 1. The van der Waals surface area contributed by atoms with Gasteiger partial charge in [0.25, 0.3) is 0 Å². The van der Waals surface area contributed by atoms with Crippen LogP contribution in [0.15, 0.2) is 42.5 Å². The largest absolute Gasteiger partial charge is 0.456 e. The smallest absolute Gasteiger partial charge is 0.230 e. The molecule has 1 amide bonds. The van der Waals surface area contributed by atoms with Crippen molar-refractivity contribution < 1.29 is 13.7 Å². The lowest BCUT2D eigenvalue weighted by atomic mass is 10.2. The molecule has 0 bridgehead atoms. The first-order valence-corrected chi connectivity index (χ1v) is 8.54. The fourth-order valence-corrected chi connectivity index (χ4v) is 3.05. The summed E-state index contributed by atoms with van der Waals surface area (Å²) in [4.78, 5) is 10.7. The summed E-state index contributed by atoms with van der Waals surface area (Å²) < 4.78 is 17.3. The van der Waals surface area contributed by atoms with Crippen LogP contribution in [0.25, 0.3) is 0 Å². The van der Waals surface area contributed by atoms with E-state index in [-0.39, 0.29) is 11.5 Å². The van der Waals surface area contributed by atoms with E-state index in [1.807, 2.05) is 0 Å². The topological polar surface area (TPSA) is 69.4 Å². The van der Waals surface area contributed by atoms with Gasteiger partial charge in [-0.05, 0) is 29.8 Å². The molecular formula is C15H13Cl2NO3S. The zero-order valence-electron chi connectivity index (χ0n) is 11.4. The van der Waals surface area contributed by atoms with E-state index in [1.54, 1.807) is 42.5 Å². The number of amides is 1. The number of halogens is 2. The van der Waals surface area contributed by atoms with Gasteiger partial charge in [-0.15, -0.1) is 0 Å². The molecule has 0 saturated carbocycles. The molecule has 2 aromatic rings. The van der Waals surface area contributed by atoms with Gasteiger partial charge in [-0.25, -0.2) is 0 Å². The Balaban J connectivity index is 2.04. The van der Waals surface area contributed by atoms with Crippen LogP contribution in [0, 0.1) is 0 Å². The summed E-state index contributed by atoms with van der Waals surface area (Å²) in [6.45, 7) is 0. The average Bonchev–Trinajstić information content (AvgIpc) is 2.45. The molecule has 0 saturated heterocycles. The summed E-state index contributed by atoms with van der Waals surface area (Å²) in [6.07, 6.45) is 0. The predicted octanol–water partition coefficient (Wildman–Crippen LogP) is 3.52. The Bertz CT molecular complexity index is 704. The minimum atomic E-state index is -1.31. The normalized spacial score (nSPS) is 11.9. The first kappa shape index (κ1) is 16.8. The van der Waals surface area contributed by atoms with E-state index in [2.05, 4.69) is 0 Å². The van der Waals surface area contributed by atoms with Gasteiger partial charge in [-0.1, -0.05) is 41.4 Å². The van der Waals surface area contributed by atoms with Gasteiger partial charge in [0.2, 0.25) is 5.91 Å². The molecule has 4 nitrogen and oxygen atoms in total. The van der Waals surface area contributed by atoms with E-state index in [4.69, 9.17) is 33.7 Å². The SMILES string of the molecule is NC(=O)CS(=O)Cc1ccc(Oc2cccc(Cl)c2Cl)cc1. The molecule has 0 heterocycles. The maximum atomic E-state index is 11.6. The monoisotopic (exact) mass is 357 g/mol. The van der Waals surface area contributed by atoms with E-state index >= 15 is 0 Å². The highest BCUT2D eigenvalue weighted by atomic mass is 35.5. The minimum Gasteiger partial charge on any atom is -0.456 e. The summed E-state index contributed by atoms with van der Waals surface area (Å²) in [5, 5.41) is 0.758. The lowest BCUT2D eigenvalue weighted by Crippen LogP contribution is -2.20. The molecule has 0 spiro atoms. The van der Waals surface area contributed by atoms with Gasteiger partial charge in [-0.3, -0.25) is 9.00 Å². The highest BCUT2D eigenvalue weighted by molar-refractivity contribution is 7.84. The van der Waals surface area contributed by atoms with Crippen LogP contribution in [0.1, 0.15) is 5.56 Å². The quantitative estimate of drug-likeness (QED) is 0.859. The molecule has 1 unspecified atom stereocenters. The van der Waals surface area contributed by atoms with Crippen molar-refractivity contribution in [3.63, 3.8) is 0 Å². The van der Waals surface area contributed by atoms with Crippen molar-refractivity contribution in [3.8, 4) is 11.5 Å². The summed E-state index contributed by atoms with van der Waals surface area (Å²) in [7, 11) is -1.31. The van der Waals surface area contributed by atoms with Gasteiger partial charge < -0.3 is 10.5 Å². The first-order valence-electron chi connectivity index (χ1n) is 6.30. The Kier molecular flexibility index (Phi) is 5.83. The molecule has 0 fully saturated rings. The standard InChI is InChI=1S/C15H13Cl2NO3S/c16-12-2-1-3-13(15(12)17)21-11-6-4-10(5-7-11)8-22(20)9-14(18)19/h1-7H,8-9H2,(H2,18,19). The Morgan fingerprint density at radius 3 is 2.45 bits per heavy atom. The fourth-order valence-electron chi connectivity index (χ4n) is 1.74. The first-order chi connectivity index (χ1) is 10.5. The van der Waals surface area contributed by atoms with Crippen molar-refractivity contribution in [1.29, 1.82) is 0 Å². The number of carbonyl (C=O) groups is 1.